The summed E-state index contributed by atoms with van der Waals surface area (Å²) in [7, 11) is -3.58. The summed E-state index contributed by atoms with van der Waals surface area (Å²) in [4.78, 5) is 14.4. The summed E-state index contributed by atoms with van der Waals surface area (Å²) in [6.45, 7) is 4.84. The molecule has 1 atom stereocenters. The van der Waals surface area contributed by atoms with Gasteiger partial charge >= 0.3 is 0 Å². The minimum absolute atomic E-state index is 0.0876. The number of halogens is 1. The standard InChI is InChI=1S/C17H26BrN3O3S/c1-14-4-2-3-12-21(14)13-11-19-17(22)9-10-20-25(23,24)16-7-5-15(18)6-8-16/h5-8,14,20H,2-4,9-13H2,1H3,(H,19,22). The molecule has 1 amide bonds. The quantitative estimate of drug-likeness (QED) is 0.660. The molecule has 1 saturated heterocycles. The first-order valence-electron chi connectivity index (χ1n) is 8.64. The van der Waals surface area contributed by atoms with Crippen molar-refractivity contribution in [3.63, 3.8) is 0 Å². The lowest BCUT2D eigenvalue weighted by Gasteiger charge is -2.33. The lowest BCUT2D eigenvalue weighted by atomic mass is 10.0. The number of nitrogens with zero attached hydrogens (tertiary/aromatic N) is 1. The molecular formula is C17H26BrN3O3S. The molecule has 0 radical (unpaired) electrons. The smallest absolute Gasteiger partial charge is 0.240 e. The highest BCUT2D eigenvalue weighted by Crippen LogP contribution is 2.15. The van der Waals surface area contributed by atoms with Crippen LogP contribution < -0.4 is 10.0 Å². The van der Waals surface area contributed by atoms with Crippen LogP contribution in [0.1, 0.15) is 32.6 Å². The number of carbonyl (C=O) groups excluding carboxylic acids is 1. The fourth-order valence-corrected chi connectivity index (χ4v) is 4.21. The van der Waals surface area contributed by atoms with Crippen molar-refractivity contribution in [2.24, 2.45) is 0 Å². The average molecular weight is 432 g/mol. The minimum atomic E-state index is -3.58. The Morgan fingerprint density at radius 3 is 2.64 bits per heavy atom. The molecule has 1 aliphatic rings. The Kier molecular flexibility index (Phi) is 7.86. The molecule has 0 aliphatic carbocycles. The zero-order valence-electron chi connectivity index (χ0n) is 14.5. The number of piperidine rings is 1. The topological polar surface area (TPSA) is 78.5 Å². The molecule has 1 unspecified atom stereocenters. The predicted octanol–water partition coefficient (Wildman–Crippen LogP) is 2.11. The molecular weight excluding hydrogens is 406 g/mol. The van der Waals surface area contributed by atoms with Crippen LogP contribution in [-0.2, 0) is 14.8 Å². The van der Waals surface area contributed by atoms with Gasteiger partial charge in [0.15, 0.2) is 0 Å². The van der Waals surface area contributed by atoms with Gasteiger partial charge < -0.3 is 5.32 Å². The van der Waals surface area contributed by atoms with Crippen LogP contribution in [0.5, 0.6) is 0 Å². The van der Waals surface area contributed by atoms with E-state index in [0.29, 0.717) is 12.6 Å². The third kappa shape index (κ3) is 6.69. The van der Waals surface area contributed by atoms with Crippen molar-refractivity contribution < 1.29 is 13.2 Å². The molecule has 1 heterocycles. The Bertz CT molecular complexity index is 664. The summed E-state index contributed by atoms with van der Waals surface area (Å²) in [5.74, 6) is -0.136. The molecule has 0 bridgehead atoms. The Hall–Kier alpha value is -0.960. The van der Waals surface area contributed by atoms with E-state index < -0.39 is 10.0 Å². The van der Waals surface area contributed by atoms with E-state index in [1.807, 2.05) is 0 Å². The average Bonchev–Trinajstić information content (AvgIpc) is 2.57. The van der Waals surface area contributed by atoms with Gasteiger partial charge in [-0.2, -0.15) is 0 Å². The second-order valence-electron chi connectivity index (χ2n) is 6.33. The van der Waals surface area contributed by atoms with Gasteiger partial charge in [0, 0.05) is 36.6 Å². The summed E-state index contributed by atoms with van der Waals surface area (Å²) in [6.07, 6.45) is 3.84. The molecule has 1 fully saturated rings. The Morgan fingerprint density at radius 2 is 1.96 bits per heavy atom. The van der Waals surface area contributed by atoms with E-state index in [-0.39, 0.29) is 23.8 Å². The number of amides is 1. The number of hydrogen-bond donors (Lipinski definition) is 2. The fourth-order valence-electron chi connectivity index (χ4n) is 2.91. The number of rotatable bonds is 8. The number of nitrogens with one attached hydrogen (secondary N) is 2. The molecule has 2 rings (SSSR count). The summed E-state index contributed by atoms with van der Waals surface area (Å²) in [5, 5.41) is 2.86. The Labute approximate surface area is 158 Å². The monoisotopic (exact) mass is 431 g/mol. The number of sulfonamides is 1. The zero-order valence-corrected chi connectivity index (χ0v) is 16.9. The number of benzene rings is 1. The van der Waals surface area contributed by atoms with Crippen LogP contribution in [0.3, 0.4) is 0 Å². The first kappa shape index (κ1) is 20.4. The molecule has 0 aromatic heterocycles. The van der Waals surface area contributed by atoms with Crippen LogP contribution in [0.15, 0.2) is 33.6 Å². The highest BCUT2D eigenvalue weighted by Gasteiger charge is 2.18. The van der Waals surface area contributed by atoms with Gasteiger partial charge in [-0.15, -0.1) is 0 Å². The van der Waals surface area contributed by atoms with E-state index in [1.54, 1.807) is 12.1 Å². The molecule has 1 aromatic carbocycles. The van der Waals surface area contributed by atoms with E-state index in [9.17, 15) is 13.2 Å². The highest BCUT2D eigenvalue weighted by atomic mass is 79.9. The lowest BCUT2D eigenvalue weighted by Crippen LogP contribution is -2.42. The van der Waals surface area contributed by atoms with Crippen LogP contribution in [0.2, 0.25) is 0 Å². The third-order valence-corrected chi connectivity index (χ3v) is 6.44. The Morgan fingerprint density at radius 1 is 1.24 bits per heavy atom. The summed E-state index contributed by atoms with van der Waals surface area (Å²) in [5.41, 5.74) is 0. The van der Waals surface area contributed by atoms with Crippen molar-refractivity contribution in [3.8, 4) is 0 Å². The SMILES string of the molecule is CC1CCCCN1CCNC(=O)CCNS(=O)(=O)c1ccc(Br)cc1. The van der Waals surface area contributed by atoms with Crippen LogP contribution in [-0.4, -0.2) is 51.4 Å². The summed E-state index contributed by atoms with van der Waals surface area (Å²) < 4.78 is 27.5. The largest absolute Gasteiger partial charge is 0.355 e. The van der Waals surface area contributed by atoms with Crippen molar-refractivity contribution in [1.29, 1.82) is 0 Å². The van der Waals surface area contributed by atoms with E-state index in [2.05, 4.69) is 37.8 Å². The normalized spacial score (nSPS) is 18.9. The van der Waals surface area contributed by atoms with E-state index in [1.165, 1.54) is 31.4 Å². The van der Waals surface area contributed by atoms with E-state index in [0.717, 1.165) is 17.6 Å². The maximum Gasteiger partial charge on any atom is 0.240 e. The first-order valence-corrected chi connectivity index (χ1v) is 10.9. The lowest BCUT2D eigenvalue weighted by molar-refractivity contribution is -0.121. The fraction of sp³-hybridized carbons (Fsp3) is 0.588. The molecule has 2 N–H and O–H groups in total. The molecule has 25 heavy (non-hydrogen) atoms. The van der Waals surface area contributed by atoms with Gasteiger partial charge in [0.1, 0.15) is 0 Å². The van der Waals surface area contributed by atoms with Crippen LogP contribution in [0.25, 0.3) is 0 Å². The summed E-state index contributed by atoms with van der Waals surface area (Å²) >= 11 is 3.27. The number of carbonyl (C=O) groups is 1. The molecule has 0 spiro atoms. The Balaban J connectivity index is 1.67. The van der Waals surface area contributed by atoms with Crippen molar-refractivity contribution in [2.45, 2.75) is 43.5 Å². The van der Waals surface area contributed by atoms with E-state index in [4.69, 9.17) is 0 Å². The maximum atomic E-state index is 12.1. The molecule has 1 aromatic rings. The first-order chi connectivity index (χ1) is 11.9. The second kappa shape index (κ2) is 9.66. The molecule has 8 heteroatoms. The summed E-state index contributed by atoms with van der Waals surface area (Å²) in [6, 6.07) is 6.95. The van der Waals surface area contributed by atoms with Gasteiger partial charge in [0.25, 0.3) is 0 Å². The zero-order chi connectivity index (χ0) is 18.3. The predicted molar refractivity (Wildman–Crippen MR) is 102 cm³/mol. The second-order valence-corrected chi connectivity index (χ2v) is 9.02. The molecule has 0 saturated carbocycles. The number of likely N-dealkylation sites (tertiary alicyclic amines) is 1. The van der Waals surface area contributed by atoms with Gasteiger partial charge in [-0.25, -0.2) is 13.1 Å². The van der Waals surface area contributed by atoms with Crippen molar-refractivity contribution in [2.75, 3.05) is 26.2 Å². The van der Waals surface area contributed by atoms with Crippen molar-refractivity contribution in [3.05, 3.63) is 28.7 Å². The molecule has 6 nitrogen and oxygen atoms in total. The highest BCUT2D eigenvalue weighted by molar-refractivity contribution is 9.10. The third-order valence-electron chi connectivity index (χ3n) is 4.43. The van der Waals surface area contributed by atoms with Gasteiger partial charge in [-0.1, -0.05) is 22.4 Å². The van der Waals surface area contributed by atoms with Gasteiger partial charge in [0.2, 0.25) is 15.9 Å². The van der Waals surface area contributed by atoms with E-state index >= 15 is 0 Å². The van der Waals surface area contributed by atoms with Crippen LogP contribution in [0.4, 0.5) is 0 Å². The minimum Gasteiger partial charge on any atom is -0.355 e. The van der Waals surface area contributed by atoms with Gasteiger partial charge in [-0.3, -0.25) is 9.69 Å². The maximum absolute atomic E-state index is 12.1. The van der Waals surface area contributed by atoms with Gasteiger partial charge in [0.05, 0.1) is 4.90 Å². The molecule has 140 valence electrons. The van der Waals surface area contributed by atoms with Gasteiger partial charge in [-0.05, 0) is 50.6 Å². The molecule has 1 aliphatic heterocycles. The number of hydrogen-bond acceptors (Lipinski definition) is 4. The van der Waals surface area contributed by atoms with Crippen molar-refractivity contribution in [1.82, 2.24) is 14.9 Å². The van der Waals surface area contributed by atoms with Crippen LogP contribution >= 0.6 is 15.9 Å². The van der Waals surface area contributed by atoms with Crippen molar-refractivity contribution >= 4 is 31.9 Å². The van der Waals surface area contributed by atoms with Crippen LogP contribution in [0, 0.1) is 0 Å².